The number of nitrogens with one attached hydrogen (secondary N) is 1. The van der Waals surface area contributed by atoms with E-state index in [0.717, 1.165) is 23.4 Å². The Hall–Kier alpha value is -1.87. The molecule has 112 valence electrons. The van der Waals surface area contributed by atoms with Crippen molar-refractivity contribution in [3.63, 3.8) is 0 Å². The summed E-state index contributed by atoms with van der Waals surface area (Å²) >= 11 is 0. The van der Waals surface area contributed by atoms with Crippen LogP contribution < -0.4 is 10.1 Å². The normalized spacial score (nSPS) is 11.0. The van der Waals surface area contributed by atoms with E-state index < -0.39 is 0 Å². The van der Waals surface area contributed by atoms with Crippen molar-refractivity contribution in [2.45, 2.75) is 40.3 Å². The first-order valence-corrected chi connectivity index (χ1v) is 7.22. The number of benzene rings is 2. The highest BCUT2D eigenvalue weighted by Crippen LogP contribution is 2.28. The average Bonchev–Trinajstić information content (AvgIpc) is 2.43. The van der Waals surface area contributed by atoms with Gasteiger partial charge in [-0.15, -0.1) is 0 Å². The van der Waals surface area contributed by atoms with Crippen LogP contribution in [-0.2, 0) is 6.54 Å². The van der Waals surface area contributed by atoms with Crippen LogP contribution in [0.3, 0.4) is 0 Å². The Bertz CT molecular complexity index is 623. The lowest BCUT2D eigenvalue weighted by atomic mass is 10.1. The van der Waals surface area contributed by atoms with Crippen molar-refractivity contribution >= 4 is 0 Å². The van der Waals surface area contributed by atoms with Gasteiger partial charge in [0.25, 0.3) is 0 Å². The summed E-state index contributed by atoms with van der Waals surface area (Å²) in [6, 6.07) is 11.1. The van der Waals surface area contributed by atoms with Gasteiger partial charge in [-0.05, 0) is 42.7 Å². The molecule has 0 radical (unpaired) electrons. The van der Waals surface area contributed by atoms with E-state index in [0.29, 0.717) is 11.8 Å². The second kappa shape index (κ2) is 6.72. The number of hydrogen-bond donors (Lipinski definition) is 1. The SMILES string of the molecule is Cc1cc(CNC(C)C)ccc1Oc1cc(F)ccc1C. The van der Waals surface area contributed by atoms with Gasteiger partial charge in [-0.2, -0.15) is 0 Å². The van der Waals surface area contributed by atoms with Crippen molar-refractivity contribution < 1.29 is 9.13 Å². The zero-order valence-electron chi connectivity index (χ0n) is 13.0. The van der Waals surface area contributed by atoms with Crippen molar-refractivity contribution in [1.29, 1.82) is 0 Å². The molecule has 2 nitrogen and oxygen atoms in total. The number of aryl methyl sites for hydroxylation is 2. The zero-order valence-corrected chi connectivity index (χ0v) is 13.0. The Morgan fingerprint density at radius 3 is 2.43 bits per heavy atom. The molecule has 2 rings (SSSR count). The summed E-state index contributed by atoms with van der Waals surface area (Å²) in [4.78, 5) is 0. The van der Waals surface area contributed by atoms with E-state index in [-0.39, 0.29) is 5.82 Å². The van der Waals surface area contributed by atoms with Crippen LogP contribution >= 0.6 is 0 Å². The molecular weight excluding hydrogens is 265 g/mol. The maximum atomic E-state index is 13.3. The molecule has 21 heavy (non-hydrogen) atoms. The maximum Gasteiger partial charge on any atom is 0.133 e. The summed E-state index contributed by atoms with van der Waals surface area (Å²) in [5, 5.41) is 3.38. The second-order valence-electron chi connectivity index (χ2n) is 5.65. The summed E-state index contributed by atoms with van der Waals surface area (Å²) in [5.74, 6) is 1.04. The van der Waals surface area contributed by atoms with E-state index in [2.05, 4.69) is 25.2 Å². The summed E-state index contributed by atoms with van der Waals surface area (Å²) in [5.41, 5.74) is 3.17. The van der Waals surface area contributed by atoms with Gasteiger partial charge in [0.2, 0.25) is 0 Å². The Morgan fingerprint density at radius 2 is 1.76 bits per heavy atom. The molecule has 1 N–H and O–H groups in total. The number of ether oxygens (including phenoxy) is 1. The molecule has 0 bridgehead atoms. The number of hydrogen-bond acceptors (Lipinski definition) is 2. The van der Waals surface area contributed by atoms with Crippen LogP contribution in [0.25, 0.3) is 0 Å². The van der Waals surface area contributed by atoms with Gasteiger partial charge in [0.15, 0.2) is 0 Å². The molecule has 0 unspecified atom stereocenters. The summed E-state index contributed by atoms with van der Waals surface area (Å²) in [6.07, 6.45) is 0. The van der Waals surface area contributed by atoms with Crippen molar-refractivity contribution in [3.05, 3.63) is 58.9 Å². The van der Waals surface area contributed by atoms with E-state index in [1.165, 1.54) is 17.7 Å². The molecule has 0 amide bonds. The van der Waals surface area contributed by atoms with Gasteiger partial charge in [0.05, 0.1) is 0 Å². The fourth-order valence-corrected chi connectivity index (χ4v) is 2.06. The topological polar surface area (TPSA) is 21.3 Å². The highest BCUT2D eigenvalue weighted by atomic mass is 19.1. The van der Waals surface area contributed by atoms with E-state index in [1.54, 1.807) is 6.07 Å². The van der Waals surface area contributed by atoms with Crippen molar-refractivity contribution in [3.8, 4) is 11.5 Å². The highest BCUT2D eigenvalue weighted by molar-refractivity contribution is 5.42. The Kier molecular flexibility index (Phi) is 4.97. The molecule has 0 saturated heterocycles. The molecule has 0 saturated carbocycles. The summed E-state index contributed by atoms with van der Waals surface area (Å²) in [6.45, 7) is 8.99. The van der Waals surface area contributed by atoms with Crippen LogP contribution in [0.2, 0.25) is 0 Å². The Labute approximate surface area is 126 Å². The molecule has 0 fully saturated rings. The third-order valence-corrected chi connectivity index (χ3v) is 3.32. The average molecular weight is 287 g/mol. The fraction of sp³-hybridized carbons (Fsp3) is 0.333. The van der Waals surface area contributed by atoms with E-state index in [4.69, 9.17) is 4.74 Å². The molecule has 2 aromatic carbocycles. The molecule has 3 heteroatoms. The minimum Gasteiger partial charge on any atom is -0.457 e. The smallest absolute Gasteiger partial charge is 0.133 e. The van der Waals surface area contributed by atoms with Gasteiger partial charge < -0.3 is 10.1 Å². The largest absolute Gasteiger partial charge is 0.457 e. The molecule has 0 heterocycles. The van der Waals surface area contributed by atoms with Crippen LogP contribution in [0.1, 0.15) is 30.5 Å². The standard InChI is InChI=1S/C18H22FNO/c1-12(2)20-11-15-6-8-17(14(4)9-15)21-18-10-16(19)7-5-13(18)3/h5-10,12,20H,11H2,1-4H3. The van der Waals surface area contributed by atoms with Gasteiger partial charge >= 0.3 is 0 Å². The van der Waals surface area contributed by atoms with Gasteiger partial charge in [0.1, 0.15) is 17.3 Å². The first-order valence-electron chi connectivity index (χ1n) is 7.22. The molecule has 0 aliphatic carbocycles. The minimum absolute atomic E-state index is 0.286. The first-order chi connectivity index (χ1) is 9.95. The van der Waals surface area contributed by atoms with Gasteiger partial charge in [0, 0.05) is 18.7 Å². The van der Waals surface area contributed by atoms with Crippen LogP contribution in [0.5, 0.6) is 11.5 Å². The van der Waals surface area contributed by atoms with E-state index in [1.807, 2.05) is 26.0 Å². The first kappa shape index (κ1) is 15.5. The summed E-state index contributed by atoms with van der Waals surface area (Å²) < 4.78 is 19.1. The fourth-order valence-electron chi connectivity index (χ4n) is 2.06. The van der Waals surface area contributed by atoms with Crippen molar-refractivity contribution in [1.82, 2.24) is 5.32 Å². The molecule has 0 atom stereocenters. The minimum atomic E-state index is -0.286. The second-order valence-corrected chi connectivity index (χ2v) is 5.65. The monoisotopic (exact) mass is 287 g/mol. The lowest BCUT2D eigenvalue weighted by Gasteiger charge is -2.13. The number of rotatable bonds is 5. The van der Waals surface area contributed by atoms with Crippen LogP contribution in [0.4, 0.5) is 4.39 Å². The predicted molar refractivity (Wildman–Crippen MR) is 84.4 cm³/mol. The molecule has 2 aromatic rings. The van der Waals surface area contributed by atoms with Gasteiger partial charge in [-0.1, -0.05) is 32.0 Å². The third kappa shape index (κ3) is 4.30. The van der Waals surface area contributed by atoms with E-state index >= 15 is 0 Å². The molecule has 0 aliphatic heterocycles. The Balaban J connectivity index is 2.15. The Morgan fingerprint density at radius 1 is 1.00 bits per heavy atom. The quantitative estimate of drug-likeness (QED) is 0.858. The zero-order chi connectivity index (χ0) is 15.4. The van der Waals surface area contributed by atoms with Gasteiger partial charge in [-0.3, -0.25) is 0 Å². The predicted octanol–water partition coefficient (Wildman–Crippen LogP) is 4.73. The third-order valence-electron chi connectivity index (χ3n) is 3.32. The van der Waals surface area contributed by atoms with Gasteiger partial charge in [-0.25, -0.2) is 4.39 Å². The lowest BCUT2D eigenvalue weighted by Crippen LogP contribution is -2.21. The maximum absolute atomic E-state index is 13.3. The van der Waals surface area contributed by atoms with Crippen LogP contribution in [0, 0.1) is 19.7 Å². The summed E-state index contributed by atoms with van der Waals surface area (Å²) in [7, 11) is 0. The molecule has 0 aliphatic rings. The van der Waals surface area contributed by atoms with Crippen molar-refractivity contribution in [2.75, 3.05) is 0 Å². The molecule has 0 aromatic heterocycles. The van der Waals surface area contributed by atoms with E-state index in [9.17, 15) is 4.39 Å². The molecule has 0 spiro atoms. The van der Waals surface area contributed by atoms with Crippen LogP contribution in [-0.4, -0.2) is 6.04 Å². The van der Waals surface area contributed by atoms with Crippen LogP contribution in [0.15, 0.2) is 36.4 Å². The van der Waals surface area contributed by atoms with Crippen molar-refractivity contribution in [2.24, 2.45) is 0 Å². The number of halogens is 1. The highest BCUT2D eigenvalue weighted by Gasteiger charge is 2.07. The molecular formula is C18H22FNO. The lowest BCUT2D eigenvalue weighted by molar-refractivity contribution is 0.469.